The minimum atomic E-state index is 0.146. The molecule has 122 valence electrons. The second kappa shape index (κ2) is 9.46. The Bertz CT molecular complexity index is 345. The van der Waals surface area contributed by atoms with E-state index in [1.165, 1.54) is 11.8 Å². The van der Waals surface area contributed by atoms with Gasteiger partial charge in [0, 0.05) is 31.7 Å². The molecule has 4 nitrogen and oxygen atoms in total. The van der Waals surface area contributed by atoms with Gasteiger partial charge in [-0.2, -0.15) is 0 Å². The summed E-state index contributed by atoms with van der Waals surface area (Å²) in [4.78, 5) is 27.6. The first-order chi connectivity index (χ1) is 9.97. The van der Waals surface area contributed by atoms with Gasteiger partial charge in [0.05, 0.1) is 0 Å². The van der Waals surface area contributed by atoms with E-state index < -0.39 is 0 Å². The maximum atomic E-state index is 12.1. The van der Waals surface area contributed by atoms with E-state index in [2.05, 4.69) is 25.7 Å². The maximum absolute atomic E-state index is 12.1. The molecular weight excluding hydrogens is 284 g/mol. The van der Waals surface area contributed by atoms with Crippen LogP contribution in [-0.2, 0) is 9.59 Å². The zero-order valence-corrected chi connectivity index (χ0v) is 14.7. The van der Waals surface area contributed by atoms with E-state index in [9.17, 15) is 9.59 Å². The number of hydrogen-bond donors (Lipinski definition) is 0. The minimum absolute atomic E-state index is 0.146. The molecule has 0 spiro atoms. The van der Waals surface area contributed by atoms with Crippen LogP contribution in [0.1, 0.15) is 47.0 Å². The largest absolute Gasteiger partial charge is 0.340 e. The number of carbonyl (C=O) groups is 2. The van der Waals surface area contributed by atoms with Gasteiger partial charge in [0.1, 0.15) is 0 Å². The highest BCUT2D eigenvalue weighted by atomic mass is 32.2. The number of rotatable bonds is 9. The van der Waals surface area contributed by atoms with Crippen molar-refractivity contribution in [1.82, 2.24) is 9.80 Å². The van der Waals surface area contributed by atoms with Gasteiger partial charge in [0.2, 0.25) is 5.91 Å². The Balaban J connectivity index is 2.32. The van der Waals surface area contributed by atoms with Crippen molar-refractivity contribution in [3.05, 3.63) is 0 Å². The lowest BCUT2D eigenvalue weighted by molar-refractivity contribution is -0.129. The number of likely N-dealkylation sites (tertiary alicyclic amines) is 1. The van der Waals surface area contributed by atoms with E-state index in [-0.39, 0.29) is 11.0 Å². The first kappa shape index (κ1) is 18.5. The van der Waals surface area contributed by atoms with Gasteiger partial charge in [-0.3, -0.25) is 9.59 Å². The average molecular weight is 314 g/mol. The van der Waals surface area contributed by atoms with Gasteiger partial charge >= 0.3 is 0 Å². The second-order valence-electron chi connectivity index (χ2n) is 5.94. The van der Waals surface area contributed by atoms with Crippen molar-refractivity contribution in [2.75, 3.05) is 31.9 Å². The summed E-state index contributed by atoms with van der Waals surface area (Å²) >= 11 is 1.35. The molecule has 2 atom stereocenters. The third-order valence-corrected chi connectivity index (χ3v) is 5.33. The molecule has 0 N–H and O–H groups in total. The summed E-state index contributed by atoms with van der Waals surface area (Å²) in [6, 6.07) is 0.320. The van der Waals surface area contributed by atoms with Crippen LogP contribution in [0.5, 0.6) is 0 Å². The zero-order chi connectivity index (χ0) is 15.8. The van der Waals surface area contributed by atoms with Crippen molar-refractivity contribution in [2.24, 2.45) is 5.92 Å². The van der Waals surface area contributed by atoms with Crippen LogP contribution in [0.15, 0.2) is 0 Å². The van der Waals surface area contributed by atoms with Crippen molar-refractivity contribution < 1.29 is 9.59 Å². The molecule has 0 aromatic rings. The normalized spacial score (nSPS) is 20.3. The molecule has 0 aliphatic carbocycles. The van der Waals surface area contributed by atoms with Crippen LogP contribution < -0.4 is 0 Å². The average Bonchev–Trinajstić information content (AvgIpc) is 2.82. The zero-order valence-electron chi connectivity index (χ0n) is 13.9. The summed E-state index contributed by atoms with van der Waals surface area (Å²) in [5.74, 6) is 1.39. The lowest BCUT2D eigenvalue weighted by atomic mass is 10.1. The van der Waals surface area contributed by atoms with Crippen molar-refractivity contribution in [3.63, 3.8) is 0 Å². The third-order valence-electron chi connectivity index (χ3n) is 4.28. The Morgan fingerprint density at radius 3 is 2.67 bits per heavy atom. The molecule has 0 aromatic carbocycles. The first-order valence-electron chi connectivity index (χ1n) is 8.13. The summed E-state index contributed by atoms with van der Waals surface area (Å²) < 4.78 is 0. The topological polar surface area (TPSA) is 40.6 Å². The van der Waals surface area contributed by atoms with E-state index in [0.717, 1.165) is 44.8 Å². The summed E-state index contributed by atoms with van der Waals surface area (Å²) in [6.07, 6.45) is 2.81. The van der Waals surface area contributed by atoms with E-state index in [0.29, 0.717) is 18.4 Å². The molecule has 1 heterocycles. The molecule has 1 saturated heterocycles. The van der Waals surface area contributed by atoms with E-state index in [4.69, 9.17) is 0 Å². The van der Waals surface area contributed by atoms with Crippen LogP contribution in [-0.4, -0.2) is 58.8 Å². The Hall–Kier alpha value is -0.550. The molecule has 0 bridgehead atoms. The van der Waals surface area contributed by atoms with Gasteiger partial charge in [0.25, 0.3) is 0 Å². The minimum Gasteiger partial charge on any atom is -0.340 e. The molecule has 1 fully saturated rings. The third kappa shape index (κ3) is 6.39. The van der Waals surface area contributed by atoms with Crippen LogP contribution in [0.3, 0.4) is 0 Å². The molecule has 5 heteroatoms. The first-order valence-corrected chi connectivity index (χ1v) is 9.11. The standard InChI is InChI=1S/C16H30N2O2S/c1-5-17(6-2)9-7-8-13(3)18-11-15(10-16(18)20)12-21-14(4)19/h13,15H,5-12H2,1-4H3. The highest BCUT2D eigenvalue weighted by Gasteiger charge is 2.32. The van der Waals surface area contributed by atoms with Crippen LogP contribution in [0.2, 0.25) is 0 Å². The van der Waals surface area contributed by atoms with Gasteiger partial charge < -0.3 is 9.80 Å². The molecule has 0 aromatic heterocycles. The smallest absolute Gasteiger partial charge is 0.223 e. The van der Waals surface area contributed by atoms with Crippen molar-refractivity contribution in [3.8, 4) is 0 Å². The number of amides is 1. The lowest BCUT2D eigenvalue weighted by Gasteiger charge is -2.26. The Kier molecular flexibility index (Phi) is 8.34. The number of carbonyl (C=O) groups excluding carboxylic acids is 2. The van der Waals surface area contributed by atoms with Crippen LogP contribution >= 0.6 is 11.8 Å². The molecule has 1 aliphatic rings. The number of thioether (sulfide) groups is 1. The molecule has 1 aliphatic heterocycles. The fourth-order valence-corrected chi connectivity index (χ4v) is 3.58. The highest BCUT2D eigenvalue weighted by Crippen LogP contribution is 2.25. The number of nitrogens with zero attached hydrogens (tertiary/aromatic N) is 2. The maximum Gasteiger partial charge on any atom is 0.223 e. The van der Waals surface area contributed by atoms with Crippen molar-refractivity contribution >= 4 is 22.8 Å². The summed E-state index contributed by atoms with van der Waals surface area (Å²) in [6.45, 7) is 12.3. The van der Waals surface area contributed by atoms with Gasteiger partial charge in [-0.1, -0.05) is 25.6 Å². The molecular formula is C16H30N2O2S. The van der Waals surface area contributed by atoms with Gasteiger partial charge in [-0.25, -0.2) is 0 Å². The monoisotopic (exact) mass is 314 g/mol. The number of hydrogen-bond acceptors (Lipinski definition) is 4. The quantitative estimate of drug-likeness (QED) is 0.656. The molecule has 2 unspecified atom stereocenters. The predicted molar refractivity (Wildman–Crippen MR) is 89.4 cm³/mol. The van der Waals surface area contributed by atoms with E-state index >= 15 is 0 Å². The van der Waals surface area contributed by atoms with Crippen LogP contribution in [0.4, 0.5) is 0 Å². The summed E-state index contributed by atoms with van der Waals surface area (Å²) in [5, 5.41) is 0.146. The van der Waals surface area contributed by atoms with Crippen LogP contribution in [0, 0.1) is 5.92 Å². The summed E-state index contributed by atoms with van der Waals surface area (Å²) in [5.41, 5.74) is 0. The SMILES string of the molecule is CCN(CC)CCCC(C)N1CC(CSC(C)=O)CC1=O. The molecule has 1 rings (SSSR count). The van der Waals surface area contributed by atoms with Crippen molar-refractivity contribution in [2.45, 2.75) is 53.0 Å². The fraction of sp³-hybridized carbons (Fsp3) is 0.875. The molecule has 21 heavy (non-hydrogen) atoms. The van der Waals surface area contributed by atoms with Crippen LogP contribution in [0.25, 0.3) is 0 Å². The molecule has 1 amide bonds. The van der Waals surface area contributed by atoms with Crippen molar-refractivity contribution in [1.29, 1.82) is 0 Å². The van der Waals surface area contributed by atoms with Gasteiger partial charge in [-0.15, -0.1) is 0 Å². The van der Waals surface area contributed by atoms with E-state index in [1.807, 2.05) is 4.90 Å². The summed E-state index contributed by atoms with van der Waals surface area (Å²) in [7, 11) is 0. The Labute approximate surface area is 133 Å². The molecule has 0 radical (unpaired) electrons. The van der Waals surface area contributed by atoms with E-state index in [1.54, 1.807) is 6.92 Å². The molecule has 0 saturated carbocycles. The lowest BCUT2D eigenvalue weighted by Crippen LogP contribution is -2.35. The fourth-order valence-electron chi connectivity index (χ4n) is 2.89. The Morgan fingerprint density at radius 2 is 2.10 bits per heavy atom. The Morgan fingerprint density at radius 1 is 1.43 bits per heavy atom. The van der Waals surface area contributed by atoms with Gasteiger partial charge in [0.15, 0.2) is 5.12 Å². The van der Waals surface area contributed by atoms with Gasteiger partial charge in [-0.05, 0) is 45.3 Å². The second-order valence-corrected chi connectivity index (χ2v) is 7.13. The predicted octanol–water partition coefficient (Wildman–Crippen LogP) is 2.63. The highest BCUT2D eigenvalue weighted by molar-refractivity contribution is 8.13.